The van der Waals surface area contributed by atoms with Crippen molar-refractivity contribution >= 4 is 11.4 Å². The molecular weight excluding hydrogens is 333 g/mol. The van der Waals surface area contributed by atoms with Crippen LogP contribution in [-0.2, 0) is 6.18 Å². The summed E-state index contributed by atoms with van der Waals surface area (Å²) in [7, 11) is 0. The largest absolute Gasteiger partial charge is 0.416 e. The Morgan fingerprint density at radius 2 is 1.67 bits per heavy atom. The number of nitro groups is 2. The predicted octanol–water partition coefficient (Wildman–Crippen LogP) is 2.96. The van der Waals surface area contributed by atoms with Crippen LogP contribution in [0.15, 0.2) is 36.7 Å². The van der Waals surface area contributed by atoms with Crippen LogP contribution >= 0.6 is 0 Å². The maximum atomic E-state index is 12.8. The second-order valence-electron chi connectivity index (χ2n) is 4.70. The third-order valence-corrected chi connectivity index (χ3v) is 3.21. The summed E-state index contributed by atoms with van der Waals surface area (Å²) in [6.07, 6.45) is -2.38. The van der Waals surface area contributed by atoms with E-state index in [9.17, 15) is 33.4 Å². The molecule has 1 unspecified atom stereocenters. The number of nitrogens with zero attached hydrogens (tertiary/aromatic N) is 3. The number of aromatic nitrogens is 1. The van der Waals surface area contributed by atoms with Crippen molar-refractivity contribution in [1.29, 1.82) is 0 Å². The minimum Gasteiger partial charge on any atom is -0.320 e. The summed E-state index contributed by atoms with van der Waals surface area (Å²) in [4.78, 5) is 23.8. The number of hydrogen-bond donors (Lipinski definition) is 1. The number of nitrogens with two attached hydrogens (primary N) is 1. The Morgan fingerprint density at radius 1 is 1.12 bits per heavy atom. The van der Waals surface area contributed by atoms with Crippen LogP contribution in [-0.4, -0.2) is 14.8 Å². The van der Waals surface area contributed by atoms with Gasteiger partial charge in [0.05, 0.1) is 21.5 Å². The first kappa shape index (κ1) is 17.3. The lowest BCUT2D eigenvalue weighted by molar-refractivity contribution is -0.396. The van der Waals surface area contributed by atoms with Gasteiger partial charge >= 0.3 is 6.18 Å². The standard InChI is InChI=1S/C13H9F3N4O4/c14-13(15,16)8-4-9(19(21)22)11(10(5-8)20(23)24)12(17)7-2-1-3-18-6-7/h1-6,12H,17H2. The van der Waals surface area contributed by atoms with E-state index in [0.717, 1.165) is 0 Å². The monoisotopic (exact) mass is 342 g/mol. The molecule has 0 aliphatic heterocycles. The lowest BCUT2D eigenvalue weighted by Gasteiger charge is -2.14. The molecule has 0 saturated heterocycles. The van der Waals surface area contributed by atoms with Gasteiger partial charge in [0.2, 0.25) is 0 Å². The molecule has 0 radical (unpaired) electrons. The van der Waals surface area contributed by atoms with Gasteiger partial charge in [-0.1, -0.05) is 6.07 Å². The molecule has 0 amide bonds. The summed E-state index contributed by atoms with van der Waals surface area (Å²) in [5.41, 5.74) is 1.74. The van der Waals surface area contributed by atoms with Crippen LogP contribution in [0.5, 0.6) is 0 Å². The molecular formula is C13H9F3N4O4. The molecule has 1 aromatic carbocycles. The second kappa shape index (κ2) is 6.20. The molecule has 0 fully saturated rings. The fraction of sp³-hybridized carbons (Fsp3) is 0.154. The molecule has 11 heteroatoms. The van der Waals surface area contributed by atoms with E-state index in [1.807, 2.05) is 0 Å². The summed E-state index contributed by atoms with van der Waals surface area (Å²) in [5, 5.41) is 22.3. The Morgan fingerprint density at radius 3 is 2.04 bits per heavy atom. The van der Waals surface area contributed by atoms with E-state index >= 15 is 0 Å². The second-order valence-corrected chi connectivity index (χ2v) is 4.70. The molecule has 8 nitrogen and oxygen atoms in total. The van der Waals surface area contributed by atoms with E-state index in [4.69, 9.17) is 5.73 Å². The fourth-order valence-corrected chi connectivity index (χ4v) is 2.13. The first-order valence-corrected chi connectivity index (χ1v) is 6.32. The van der Waals surface area contributed by atoms with Crippen molar-refractivity contribution in [3.05, 3.63) is 73.6 Å². The van der Waals surface area contributed by atoms with Crippen LogP contribution in [0.3, 0.4) is 0 Å². The minimum absolute atomic E-state index is 0.184. The normalized spacial score (nSPS) is 12.7. The van der Waals surface area contributed by atoms with Crippen molar-refractivity contribution in [3.8, 4) is 0 Å². The zero-order valence-electron chi connectivity index (χ0n) is 11.7. The Bertz CT molecular complexity index is 761. The molecule has 1 heterocycles. The van der Waals surface area contributed by atoms with Crippen LogP contribution in [0, 0.1) is 20.2 Å². The SMILES string of the molecule is NC(c1cccnc1)c1c([N+](=O)[O-])cc(C(F)(F)F)cc1[N+](=O)[O-]. The van der Waals surface area contributed by atoms with Crippen LogP contribution < -0.4 is 5.73 Å². The predicted molar refractivity (Wildman–Crippen MR) is 75.0 cm³/mol. The van der Waals surface area contributed by atoms with Gasteiger partial charge in [-0.3, -0.25) is 25.2 Å². The molecule has 1 atom stereocenters. The van der Waals surface area contributed by atoms with Crippen molar-refractivity contribution in [3.63, 3.8) is 0 Å². The van der Waals surface area contributed by atoms with Gasteiger partial charge in [-0.2, -0.15) is 13.2 Å². The van der Waals surface area contributed by atoms with Gasteiger partial charge in [-0.25, -0.2) is 0 Å². The highest BCUT2D eigenvalue weighted by atomic mass is 19.4. The minimum atomic E-state index is -4.98. The molecule has 24 heavy (non-hydrogen) atoms. The first-order valence-electron chi connectivity index (χ1n) is 6.32. The van der Waals surface area contributed by atoms with E-state index < -0.39 is 44.6 Å². The third-order valence-electron chi connectivity index (χ3n) is 3.21. The summed E-state index contributed by atoms with van der Waals surface area (Å²) in [6, 6.07) is 1.93. The van der Waals surface area contributed by atoms with Crippen LogP contribution in [0.2, 0.25) is 0 Å². The quantitative estimate of drug-likeness (QED) is 0.672. The number of halogens is 3. The molecule has 0 saturated carbocycles. The van der Waals surface area contributed by atoms with Crippen molar-refractivity contribution in [2.24, 2.45) is 5.73 Å². The van der Waals surface area contributed by atoms with Crippen molar-refractivity contribution < 1.29 is 23.0 Å². The topological polar surface area (TPSA) is 125 Å². The lowest BCUT2D eigenvalue weighted by Crippen LogP contribution is -2.17. The molecule has 2 N–H and O–H groups in total. The van der Waals surface area contributed by atoms with Crippen molar-refractivity contribution in [2.45, 2.75) is 12.2 Å². The van der Waals surface area contributed by atoms with Crippen LogP contribution in [0.4, 0.5) is 24.5 Å². The Kier molecular flexibility index (Phi) is 4.46. The van der Waals surface area contributed by atoms with Gasteiger partial charge in [0.25, 0.3) is 11.4 Å². The number of pyridine rings is 1. The van der Waals surface area contributed by atoms with Crippen molar-refractivity contribution in [2.75, 3.05) is 0 Å². The molecule has 0 spiro atoms. The highest BCUT2D eigenvalue weighted by Gasteiger charge is 2.39. The molecule has 0 bridgehead atoms. The maximum Gasteiger partial charge on any atom is 0.416 e. The highest BCUT2D eigenvalue weighted by Crippen LogP contribution is 2.41. The number of nitro benzene ring substituents is 2. The van der Waals surface area contributed by atoms with E-state index in [1.54, 1.807) is 0 Å². The number of alkyl halides is 3. The van der Waals surface area contributed by atoms with Gasteiger partial charge in [0.1, 0.15) is 5.56 Å². The summed E-state index contributed by atoms with van der Waals surface area (Å²) < 4.78 is 38.5. The van der Waals surface area contributed by atoms with Crippen molar-refractivity contribution in [1.82, 2.24) is 4.98 Å². The van der Waals surface area contributed by atoms with Gasteiger partial charge in [-0.15, -0.1) is 0 Å². The summed E-state index contributed by atoms with van der Waals surface area (Å²) in [5.74, 6) is 0. The highest BCUT2D eigenvalue weighted by molar-refractivity contribution is 5.60. The first-order chi connectivity index (χ1) is 11.1. The lowest BCUT2D eigenvalue weighted by atomic mass is 9.95. The number of rotatable bonds is 4. The van der Waals surface area contributed by atoms with Gasteiger partial charge in [0.15, 0.2) is 0 Å². The van der Waals surface area contributed by atoms with Crippen LogP contribution in [0.25, 0.3) is 0 Å². The smallest absolute Gasteiger partial charge is 0.320 e. The molecule has 0 aliphatic rings. The Labute approximate surface area is 132 Å². The molecule has 0 aliphatic carbocycles. The average Bonchev–Trinajstić information content (AvgIpc) is 2.52. The van der Waals surface area contributed by atoms with Gasteiger partial charge < -0.3 is 5.73 Å². The summed E-state index contributed by atoms with van der Waals surface area (Å²) in [6.45, 7) is 0. The molecule has 2 aromatic rings. The molecule has 126 valence electrons. The van der Waals surface area contributed by atoms with Crippen LogP contribution in [0.1, 0.15) is 22.7 Å². The Hall–Kier alpha value is -3.08. The fourth-order valence-electron chi connectivity index (χ4n) is 2.13. The zero-order chi connectivity index (χ0) is 18.1. The number of hydrogen-bond acceptors (Lipinski definition) is 6. The molecule has 2 rings (SSSR count). The number of benzene rings is 1. The average molecular weight is 342 g/mol. The van der Waals surface area contributed by atoms with Gasteiger partial charge in [-0.05, 0) is 11.6 Å². The van der Waals surface area contributed by atoms with E-state index in [2.05, 4.69) is 4.98 Å². The maximum absolute atomic E-state index is 12.8. The zero-order valence-corrected chi connectivity index (χ0v) is 11.7. The Balaban J connectivity index is 2.78. The van der Waals surface area contributed by atoms with E-state index in [1.165, 1.54) is 24.5 Å². The molecule has 1 aromatic heterocycles. The third kappa shape index (κ3) is 3.30. The summed E-state index contributed by atoms with van der Waals surface area (Å²) >= 11 is 0. The van der Waals surface area contributed by atoms with E-state index in [-0.39, 0.29) is 17.7 Å². The van der Waals surface area contributed by atoms with Gasteiger partial charge in [0, 0.05) is 24.5 Å². The van der Waals surface area contributed by atoms with E-state index in [0.29, 0.717) is 0 Å².